The summed E-state index contributed by atoms with van der Waals surface area (Å²) in [6.07, 6.45) is 2.12. The van der Waals surface area contributed by atoms with Gasteiger partial charge in [0.05, 0.1) is 30.7 Å². The van der Waals surface area contributed by atoms with E-state index in [9.17, 15) is 20.0 Å². The van der Waals surface area contributed by atoms with Crippen molar-refractivity contribution in [2.75, 3.05) is 37.0 Å². The molecule has 2 N–H and O–H groups in total. The second-order valence-corrected chi connectivity index (χ2v) is 8.68. The Balaban J connectivity index is 1.95. The topological polar surface area (TPSA) is 137 Å². The van der Waals surface area contributed by atoms with E-state index >= 15 is 0 Å². The third-order valence-corrected chi connectivity index (χ3v) is 5.44. The van der Waals surface area contributed by atoms with E-state index in [-0.39, 0.29) is 28.6 Å². The van der Waals surface area contributed by atoms with Gasteiger partial charge in [0.2, 0.25) is 5.88 Å². The van der Waals surface area contributed by atoms with Crippen LogP contribution < -0.4 is 15.0 Å². The van der Waals surface area contributed by atoms with Crippen LogP contribution in [0.15, 0.2) is 18.5 Å². The molecule has 11 heteroatoms. The van der Waals surface area contributed by atoms with Gasteiger partial charge in [-0.1, -0.05) is 20.8 Å². The summed E-state index contributed by atoms with van der Waals surface area (Å²) in [5, 5.41) is 25.9. The smallest absolute Gasteiger partial charge is 0.407 e. The van der Waals surface area contributed by atoms with E-state index in [1.807, 2.05) is 31.7 Å². The molecule has 1 saturated heterocycles. The summed E-state index contributed by atoms with van der Waals surface area (Å²) in [6.45, 7) is 7.12. The number of hydrogen-bond acceptors (Lipinski definition) is 7. The van der Waals surface area contributed by atoms with Crippen LogP contribution in [0.1, 0.15) is 36.8 Å². The highest BCUT2D eigenvalue weighted by Gasteiger charge is 2.38. The molecule has 0 spiro atoms. The van der Waals surface area contributed by atoms with E-state index in [4.69, 9.17) is 4.74 Å². The molecule has 1 fully saturated rings. The average molecular weight is 441 g/mol. The third kappa shape index (κ3) is 4.59. The zero-order chi connectivity index (χ0) is 23.6. The van der Waals surface area contributed by atoms with Crippen LogP contribution in [0.2, 0.25) is 0 Å². The maximum absolute atomic E-state index is 13.0. The van der Waals surface area contributed by atoms with Crippen molar-refractivity contribution >= 4 is 23.4 Å². The molecule has 0 aliphatic carbocycles. The number of carboxylic acid groups (broad SMARTS) is 1. The normalized spacial score (nSPS) is 16.4. The lowest BCUT2D eigenvalue weighted by Crippen LogP contribution is -2.59. The summed E-state index contributed by atoms with van der Waals surface area (Å²) in [4.78, 5) is 32.3. The largest absolute Gasteiger partial charge is 0.479 e. The molecule has 32 heavy (non-hydrogen) atoms. The first kappa shape index (κ1) is 22.9. The molecule has 11 nitrogen and oxygen atoms in total. The molecule has 1 unspecified atom stereocenters. The first-order valence-corrected chi connectivity index (χ1v) is 10.1. The van der Waals surface area contributed by atoms with E-state index in [2.05, 4.69) is 15.4 Å². The molecular formula is C21H27N7O4. The number of pyridine rings is 1. The minimum Gasteiger partial charge on any atom is -0.479 e. The van der Waals surface area contributed by atoms with Gasteiger partial charge in [-0.2, -0.15) is 5.26 Å². The lowest BCUT2D eigenvalue weighted by atomic mass is 9.84. The van der Waals surface area contributed by atoms with Gasteiger partial charge in [0.15, 0.2) is 0 Å². The quantitative estimate of drug-likeness (QED) is 0.736. The fraction of sp³-hybridized carbons (Fsp3) is 0.476. The van der Waals surface area contributed by atoms with E-state index in [0.29, 0.717) is 31.0 Å². The van der Waals surface area contributed by atoms with Gasteiger partial charge in [0.1, 0.15) is 17.3 Å². The van der Waals surface area contributed by atoms with E-state index in [1.54, 1.807) is 13.2 Å². The molecular weight excluding hydrogens is 414 g/mol. The minimum atomic E-state index is -0.959. The molecule has 0 bridgehead atoms. The van der Waals surface area contributed by atoms with Crippen LogP contribution in [0.4, 0.5) is 16.2 Å². The molecule has 170 valence electrons. The number of nitrogens with zero attached hydrogens (tertiary/aromatic N) is 6. The summed E-state index contributed by atoms with van der Waals surface area (Å²) >= 11 is 0. The Kier molecular flexibility index (Phi) is 6.25. The van der Waals surface area contributed by atoms with Crippen LogP contribution in [0.3, 0.4) is 0 Å². The molecule has 0 radical (unpaired) electrons. The molecule has 2 aromatic rings. The van der Waals surface area contributed by atoms with Crippen molar-refractivity contribution in [2.45, 2.75) is 26.8 Å². The Morgan fingerprint density at radius 2 is 2.06 bits per heavy atom. The van der Waals surface area contributed by atoms with Crippen molar-refractivity contribution in [3.8, 4) is 11.9 Å². The predicted molar refractivity (Wildman–Crippen MR) is 117 cm³/mol. The van der Waals surface area contributed by atoms with Crippen LogP contribution in [-0.2, 0) is 7.05 Å². The highest BCUT2D eigenvalue weighted by atomic mass is 16.5. The number of piperazine rings is 1. The summed E-state index contributed by atoms with van der Waals surface area (Å²) in [7, 11) is 3.11. The number of methoxy groups -OCH3 is 1. The Labute approximate surface area is 186 Å². The molecule has 3 heterocycles. The number of carbonyl (C=O) groups excluding carboxylic acids is 1. The van der Waals surface area contributed by atoms with Gasteiger partial charge in [0, 0.05) is 38.9 Å². The summed E-state index contributed by atoms with van der Waals surface area (Å²) in [5.74, 6) is -0.258. The minimum absolute atomic E-state index is 0.152. The number of aromatic nitrogens is 3. The number of nitriles is 1. The second-order valence-electron chi connectivity index (χ2n) is 8.68. The maximum atomic E-state index is 13.0. The molecule has 1 aliphatic heterocycles. The lowest BCUT2D eigenvalue weighted by Gasteiger charge is -2.46. The Hall–Kier alpha value is -3.81. The van der Waals surface area contributed by atoms with Gasteiger partial charge in [-0.3, -0.25) is 9.48 Å². The van der Waals surface area contributed by atoms with Crippen LogP contribution in [0.25, 0.3) is 0 Å². The van der Waals surface area contributed by atoms with E-state index in [1.165, 1.54) is 29.0 Å². The van der Waals surface area contributed by atoms with Crippen molar-refractivity contribution < 1.29 is 19.4 Å². The number of rotatable bonds is 4. The van der Waals surface area contributed by atoms with E-state index < -0.39 is 12.0 Å². The fourth-order valence-corrected chi connectivity index (χ4v) is 3.80. The number of aryl methyl sites for hydroxylation is 1. The van der Waals surface area contributed by atoms with Gasteiger partial charge in [-0.25, -0.2) is 9.78 Å². The van der Waals surface area contributed by atoms with Crippen LogP contribution >= 0.6 is 0 Å². The number of carbonyl (C=O) groups is 2. The fourth-order valence-electron chi connectivity index (χ4n) is 3.80. The highest BCUT2D eigenvalue weighted by Crippen LogP contribution is 2.33. The van der Waals surface area contributed by atoms with Gasteiger partial charge in [-0.05, 0) is 5.41 Å². The van der Waals surface area contributed by atoms with Crippen molar-refractivity contribution in [3.63, 3.8) is 0 Å². The van der Waals surface area contributed by atoms with Gasteiger partial charge >= 0.3 is 6.09 Å². The molecule has 2 amide bonds. The molecule has 1 aliphatic rings. The molecule has 3 rings (SSSR count). The first-order chi connectivity index (χ1) is 15.0. The standard InChI is InChI=1S/C21H27N7O4/c1-21(2,3)17-12-27(6-7-28(17)20(30)31)16-10-23-13(9-22)8-15(16)24-18(29)14-11-26(4)25-19(14)32-5/h8,10-11,17H,6-7,12H2,1-5H3,(H,30,31)(H,23,24,29). The van der Waals surface area contributed by atoms with Crippen molar-refractivity contribution in [1.29, 1.82) is 5.26 Å². The zero-order valence-electron chi connectivity index (χ0n) is 18.8. The molecule has 0 aromatic carbocycles. The third-order valence-electron chi connectivity index (χ3n) is 5.44. The summed E-state index contributed by atoms with van der Waals surface area (Å²) < 4.78 is 6.65. The molecule has 1 atom stereocenters. The maximum Gasteiger partial charge on any atom is 0.407 e. The number of amides is 2. The first-order valence-electron chi connectivity index (χ1n) is 10.1. The van der Waals surface area contributed by atoms with Crippen LogP contribution in [0, 0.1) is 16.7 Å². The monoisotopic (exact) mass is 441 g/mol. The van der Waals surface area contributed by atoms with Gasteiger partial charge < -0.3 is 25.0 Å². The SMILES string of the molecule is COc1nn(C)cc1C(=O)Nc1cc(C#N)ncc1N1CCN(C(=O)O)C(C(C)(C)C)C1. The van der Waals surface area contributed by atoms with Crippen LogP contribution in [0.5, 0.6) is 5.88 Å². The number of nitrogens with one attached hydrogen (secondary N) is 1. The predicted octanol–water partition coefficient (Wildman–Crippen LogP) is 2.16. The average Bonchev–Trinajstić information content (AvgIpc) is 3.13. The van der Waals surface area contributed by atoms with Crippen molar-refractivity contribution in [2.24, 2.45) is 12.5 Å². The number of hydrogen-bond donors (Lipinski definition) is 2. The summed E-state index contributed by atoms with van der Waals surface area (Å²) in [6, 6.07) is 3.22. The number of ether oxygens (including phenoxy) is 1. The summed E-state index contributed by atoms with van der Waals surface area (Å²) in [5.41, 5.74) is 1.12. The highest BCUT2D eigenvalue weighted by molar-refractivity contribution is 6.07. The molecule has 0 saturated carbocycles. The molecule has 2 aromatic heterocycles. The van der Waals surface area contributed by atoms with Gasteiger partial charge in [-0.15, -0.1) is 5.10 Å². The lowest BCUT2D eigenvalue weighted by molar-refractivity contribution is 0.0749. The van der Waals surface area contributed by atoms with Crippen LogP contribution in [-0.4, -0.2) is 69.6 Å². The Bertz CT molecular complexity index is 1070. The van der Waals surface area contributed by atoms with E-state index in [0.717, 1.165) is 0 Å². The number of anilines is 2. The Morgan fingerprint density at radius 1 is 1.34 bits per heavy atom. The second kappa shape index (κ2) is 8.74. The Morgan fingerprint density at radius 3 is 2.66 bits per heavy atom. The van der Waals surface area contributed by atoms with Gasteiger partial charge in [0.25, 0.3) is 5.91 Å². The van der Waals surface area contributed by atoms with Crippen molar-refractivity contribution in [1.82, 2.24) is 19.7 Å². The zero-order valence-corrected chi connectivity index (χ0v) is 18.8. The van der Waals surface area contributed by atoms with Crippen molar-refractivity contribution in [3.05, 3.63) is 29.7 Å².